The average Bonchev–Trinajstić information content (AvgIpc) is 2.60. The zero-order valence-corrected chi connectivity index (χ0v) is 16.9. The van der Waals surface area contributed by atoms with E-state index in [4.69, 9.17) is 9.79 Å². The van der Waals surface area contributed by atoms with E-state index >= 15 is 0 Å². The van der Waals surface area contributed by atoms with Crippen LogP contribution in [0, 0.1) is 6.92 Å². The van der Waals surface area contributed by atoms with Crippen LogP contribution in [0.1, 0.15) is 36.8 Å². The second kappa shape index (κ2) is 8.22. The lowest BCUT2D eigenvalue weighted by Gasteiger charge is -2.19. The quantitative estimate of drug-likeness (QED) is 0.506. The Morgan fingerprint density at radius 2 is 1.89 bits per heavy atom. The smallest absolute Gasteiger partial charge is 0.340 e. The van der Waals surface area contributed by atoms with E-state index in [1.54, 1.807) is 23.6 Å². The topological polar surface area (TPSA) is 151 Å². The molecular formula is C17H23N4O6P. The van der Waals surface area contributed by atoms with Gasteiger partial charge in [-0.15, -0.1) is 0 Å². The Kier molecular flexibility index (Phi) is 6.38. The zero-order chi connectivity index (χ0) is 21.2. The summed E-state index contributed by atoms with van der Waals surface area (Å²) in [6.07, 6.45) is 1.38. The summed E-state index contributed by atoms with van der Waals surface area (Å²) in [5.74, 6) is -2.94. The van der Waals surface area contributed by atoms with Gasteiger partial charge in [0.25, 0.3) is 5.91 Å². The first-order valence-electron chi connectivity index (χ1n) is 8.63. The molecule has 0 spiro atoms. The molecule has 0 bridgehead atoms. The highest BCUT2D eigenvalue weighted by atomic mass is 31.2. The fraction of sp³-hybridized carbons (Fsp3) is 0.412. The Morgan fingerprint density at radius 1 is 1.25 bits per heavy atom. The third-order valence-corrected chi connectivity index (χ3v) is 5.38. The fourth-order valence-electron chi connectivity index (χ4n) is 2.52. The number of amides is 2. The maximum absolute atomic E-state index is 12.7. The minimum absolute atomic E-state index is 0.150. The molecule has 0 aliphatic rings. The SMILES string of the molecule is CCn1cc(C(=O)NC(C)C(=O)NC(C)P(=O)(O)O)c(=O)c2ccc(C)nc21. The summed E-state index contributed by atoms with van der Waals surface area (Å²) in [6, 6.07) is 2.16. The second-order valence-corrected chi connectivity index (χ2v) is 8.40. The van der Waals surface area contributed by atoms with Gasteiger partial charge in [0.05, 0.1) is 5.39 Å². The minimum atomic E-state index is -4.50. The van der Waals surface area contributed by atoms with Crippen molar-refractivity contribution in [3.8, 4) is 0 Å². The van der Waals surface area contributed by atoms with Crippen LogP contribution >= 0.6 is 7.60 Å². The molecule has 0 radical (unpaired) electrons. The molecule has 2 heterocycles. The predicted molar refractivity (Wildman–Crippen MR) is 103 cm³/mol. The molecule has 0 fully saturated rings. The third kappa shape index (κ3) is 4.64. The third-order valence-electron chi connectivity index (χ3n) is 4.24. The van der Waals surface area contributed by atoms with Gasteiger partial charge in [-0.1, -0.05) is 0 Å². The summed E-state index contributed by atoms with van der Waals surface area (Å²) < 4.78 is 12.8. The van der Waals surface area contributed by atoms with Crippen LogP contribution in [0.4, 0.5) is 0 Å². The molecule has 0 aliphatic carbocycles. The summed E-state index contributed by atoms with van der Waals surface area (Å²) in [7, 11) is -4.50. The number of carbonyl (C=O) groups is 2. The van der Waals surface area contributed by atoms with E-state index in [1.165, 1.54) is 13.1 Å². The van der Waals surface area contributed by atoms with E-state index in [2.05, 4.69) is 15.6 Å². The van der Waals surface area contributed by atoms with Gasteiger partial charge < -0.3 is 25.0 Å². The number of carbonyl (C=O) groups excluding carboxylic acids is 2. The molecule has 28 heavy (non-hydrogen) atoms. The molecule has 152 valence electrons. The Labute approximate surface area is 161 Å². The molecule has 4 N–H and O–H groups in total. The molecule has 2 rings (SSSR count). The normalized spacial score (nSPS) is 13.8. The maximum atomic E-state index is 12.7. The highest BCUT2D eigenvalue weighted by Crippen LogP contribution is 2.39. The monoisotopic (exact) mass is 410 g/mol. The Hall–Kier alpha value is -2.55. The molecule has 2 atom stereocenters. The molecule has 0 saturated carbocycles. The van der Waals surface area contributed by atoms with Crippen molar-refractivity contribution in [2.75, 3.05) is 0 Å². The zero-order valence-electron chi connectivity index (χ0n) is 16.0. The van der Waals surface area contributed by atoms with Crippen LogP contribution in [-0.4, -0.2) is 43.0 Å². The van der Waals surface area contributed by atoms with Crippen molar-refractivity contribution in [1.29, 1.82) is 0 Å². The second-order valence-electron chi connectivity index (χ2n) is 6.45. The van der Waals surface area contributed by atoms with E-state index in [9.17, 15) is 18.9 Å². The van der Waals surface area contributed by atoms with Gasteiger partial charge >= 0.3 is 7.60 Å². The van der Waals surface area contributed by atoms with Gasteiger partial charge in [-0.25, -0.2) is 4.98 Å². The van der Waals surface area contributed by atoms with Crippen LogP contribution in [0.3, 0.4) is 0 Å². The van der Waals surface area contributed by atoms with Gasteiger partial charge in [0.15, 0.2) is 0 Å². The highest BCUT2D eigenvalue weighted by molar-refractivity contribution is 7.52. The van der Waals surface area contributed by atoms with Gasteiger partial charge in [0.1, 0.15) is 23.0 Å². The van der Waals surface area contributed by atoms with Crippen molar-refractivity contribution in [3.63, 3.8) is 0 Å². The lowest BCUT2D eigenvalue weighted by molar-refractivity contribution is -0.122. The minimum Gasteiger partial charge on any atom is -0.340 e. The van der Waals surface area contributed by atoms with Crippen LogP contribution < -0.4 is 16.1 Å². The van der Waals surface area contributed by atoms with Crippen molar-refractivity contribution in [2.45, 2.75) is 46.1 Å². The molecule has 10 nitrogen and oxygen atoms in total. The Balaban J connectivity index is 2.29. The lowest BCUT2D eigenvalue weighted by atomic mass is 10.1. The van der Waals surface area contributed by atoms with Crippen molar-refractivity contribution in [3.05, 3.63) is 39.8 Å². The van der Waals surface area contributed by atoms with E-state index in [-0.39, 0.29) is 10.9 Å². The molecule has 2 unspecified atom stereocenters. The molecular weight excluding hydrogens is 387 g/mol. The molecule has 2 aromatic heterocycles. The first kappa shape index (κ1) is 21.7. The number of rotatable bonds is 6. The van der Waals surface area contributed by atoms with Gasteiger partial charge in [-0.05, 0) is 39.8 Å². The summed E-state index contributed by atoms with van der Waals surface area (Å²) in [5, 5.41) is 4.81. The van der Waals surface area contributed by atoms with Gasteiger partial charge in [-0.2, -0.15) is 0 Å². The number of hydrogen-bond donors (Lipinski definition) is 4. The number of nitrogens with zero attached hydrogens (tertiary/aromatic N) is 2. The van der Waals surface area contributed by atoms with Gasteiger partial charge in [-0.3, -0.25) is 18.9 Å². The molecule has 0 aliphatic heterocycles. The lowest BCUT2D eigenvalue weighted by Crippen LogP contribution is -2.48. The highest BCUT2D eigenvalue weighted by Gasteiger charge is 2.28. The first-order chi connectivity index (χ1) is 13.0. The standard InChI is InChI=1S/C17H23N4O6P/c1-5-21-8-13(14(22)12-7-6-9(2)18-15(12)21)17(24)19-10(3)16(23)20-11(4)28(25,26)27/h6-8,10-11H,5H2,1-4H3,(H,19,24)(H,20,23)(H2,25,26,27). The average molecular weight is 410 g/mol. The largest absolute Gasteiger partial charge is 0.347 e. The van der Waals surface area contributed by atoms with E-state index < -0.39 is 36.7 Å². The van der Waals surface area contributed by atoms with Gasteiger partial charge in [0.2, 0.25) is 11.3 Å². The Morgan fingerprint density at radius 3 is 2.46 bits per heavy atom. The molecule has 2 amide bonds. The summed E-state index contributed by atoms with van der Waals surface area (Å²) in [4.78, 5) is 59.8. The van der Waals surface area contributed by atoms with Crippen molar-refractivity contribution < 1.29 is 23.9 Å². The van der Waals surface area contributed by atoms with Crippen molar-refractivity contribution in [1.82, 2.24) is 20.2 Å². The van der Waals surface area contributed by atoms with Crippen LogP contribution in [0.25, 0.3) is 11.0 Å². The van der Waals surface area contributed by atoms with E-state index in [0.717, 1.165) is 12.6 Å². The molecule has 2 aromatic rings. The van der Waals surface area contributed by atoms with Crippen molar-refractivity contribution in [2.24, 2.45) is 0 Å². The van der Waals surface area contributed by atoms with Crippen LogP contribution in [-0.2, 0) is 15.9 Å². The number of aryl methyl sites for hydroxylation is 2. The Bertz CT molecular complexity index is 1030. The van der Waals surface area contributed by atoms with Gasteiger partial charge in [0, 0.05) is 18.4 Å². The number of nitrogens with one attached hydrogen (secondary N) is 2. The van der Waals surface area contributed by atoms with Crippen LogP contribution in [0.2, 0.25) is 0 Å². The van der Waals surface area contributed by atoms with E-state index in [0.29, 0.717) is 12.2 Å². The first-order valence-corrected chi connectivity index (χ1v) is 10.3. The van der Waals surface area contributed by atoms with Crippen LogP contribution in [0.15, 0.2) is 23.1 Å². The summed E-state index contributed by atoms with van der Waals surface area (Å²) in [6.45, 7) is 6.62. The predicted octanol–water partition coefficient (Wildman–Crippen LogP) is 0.483. The van der Waals surface area contributed by atoms with Crippen LogP contribution in [0.5, 0.6) is 0 Å². The van der Waals surface area contributed by atoms with E-state index in [1.807, 2.05) is 6.92 Å². The summed E-state index contributed by atoms with van der Waals surface area (Å²) >= 11 is 0. The molecule has 11 heteroatoms. The maximum Gasteiger partial charge on any atom is 0.347 e. The number of aromatic nitrogens is 2. The molecule has 0 saturated heterocycles. The number of pyridine rings is 2. The number of hydrogen-bond acceptors (Lipinski definition) is 5. The molecule has 0 aromatic carbocycles. The van der Waals surface area contributed by atoms with Crippen molar-refractivity contribution >= 4 is 30.4 Å². The summed E-state index contributed by atoms with van der Waals surface area (Å²) in [5.41, 5.74) is 0.532. The number of fused-ring (bicyclic) bond motifs is 1. The fourth-order valence-corrected chi connectivity index (χ4v) is 2.81.